The number of para-hydroxylation sites is 1. The molecule has 0 aliphatic rings. The van der Waals surface area contributed by atoms with Crippen LogP contribution < -0.4 is 10.2 Å². The predicted molar refractivity (Wildman–Crippen MR) is 64.4 cm³/mol. The molecule has 1 aromatic carbocycles. The first-order valence-electron chi connectivity index (χ1n) is 5.41. The summed E-state index contributed by atoms with van der Waals surface area (Å²) in [6, 6.07) is 6.80. The van der Waals surface area contributed by atoms with Crippen molar-refractivity contribution in [3.05, 3.63) is 30.1 Å². The lowest BCUT2D eigenvalue weighted by Crippen LogP contribution is -2.31. The van der Waals surface area contributed by atoms with E-state index in [1.165, 1.54) is 6.07 Å². The number of ether oxygens (including phenoxy) is 1. The van der Waals surface area contributed by atoms with Gasteiger partial charge in [0.15, 0.2) is 0 Å². The van der Waals surface area contributed by atoms with Gasteiger partial charge >= 0.3 is 0 Å². The molecule has 3 nitrogen and oxygen atoms in total. The average molecular weight is 226 g/mol. The van der Waals surface area contributed by atoms with Crippen molar-refractivity contribution in [1.29, 1.82) is 0 Å². The van der Waals surface area contributed by atoms with Gasteiger partial charge in [0.05, 0.1) is 12.3 Å². The molecule has 0 saturated heterocycles. The van der Waals surface area contributed by atoms with Crippen LogP contribution in [-0.4, -0.2) is 40.4 Å². The zero-order chi connectivity index (χ0) is 11.8. The second kappa shape index (κ2) is 7.19. The summed E-state index contributed by atoms with van der Waals surface area (Å²) in [5, 5.41) is 3.22. The first-order chi connectivity index (χ1) is 7.75. The Morgan fingerprint density at radius 1 is 1.31 bits per heavy atom. The predicted octanol–water partition coefficient (Wildman–Crippen LogP) is 1.50. The molecule has 1 aromatic rings. The van der Waals surface area contributed by atoms with Gasteiger partial charge in [-0.2, -0.15) is 0 Å². The van der Waals surface area contributed by atoms with Crippen LogP contribution in [0.25, 0.3) is 0 Å². The molecule has 0 amide bonds. The van der Waals surface area contributed by atoms with Crippen LogP contribution in [0.5, 0.6) is 0 Å². The number of nitrogens with zero attached hydrogens (tertiary/aromatic N) is 1. The summed E-state index contributed by atoms with van der Waals surface area (Å²) in [7, 11) is 3.56. The fraction of sp³-hybridized carbons (Fsp3) is 0.500. The maximum atomic E-state index is 13.4. The van der Waals surface area contributed by atoms with Crippen molar-refractivity contribution in [1.82, 2.24) is 5.32 Å². The molecule has 1 N–H and O–H groups in total. The molecule has 0 fully saturated rings. The Bertz CT molecular complexity index is 307. The lowest BCUT2D eigenvalue weighted by atomic mass is 10.3. The fourth-order valence-electron chi connectivity index (χ4n) is 1.43. The average Bonchev–Trinajstić information content (AvgIpc) is 2.29. The minimum atomic E-state index is -0.179. The molecule has 4 heteroatoms. The Morgan fingerprint density at radius 2 is 2.06 bits per heavy atom. The van der Waals surface area contributed by atoms with Crippen molar-refractivity contribution in [3.8, 4) is 0 Å². The summed E-state index contributed by atoms with van der Waals surface area (Å²) >= 11 is 0. The number of hydrogen-bond acceptors (Lipinski definition) is 3. The highest BCUT2D eigenvalue weighted by atomic mass is 19.1. The van der Waals surface area contributed by atoms with Crippen LogP contribution in [-0.2, 0) is 4.74 Å². The van der Waals surface area contributed by atoms with Crippen LogP contribution in [0.4, 0.5) is 10.1 Å². The molecule has 90 valence electrons. The van der Waals surface area contributed by atoms with E-state index in [4.69, 9.17) is 4.74 Å². The zero-order valence-electron chi connectivity index (χ0n) is 9.87. The van der Waals surface area contributed by atoms with Crippen LogP contribution in [0.2, 0.25) is 0 Å². The molecule has 0 aliphatic heterocycles. The van der Waals surface area contributed by atoms with Gasteiger partial charge in [0.2, 0.25) is 0 Å². The van der Waals surface area contributed by atoms with Gasteiger partial charge in [-0.1, -0.05) is 12.1 Å². The minimum Gasteiger partial charge on any atom is -0.383 e. The molecule has 0 heterocycles. The molecular formula is C12H19FN2O. The normalized spacial score (nSPS) is 10.4. The van der Waals surface area contributed by atoms with Gasteiger partial charge in [-0.25, -0.2) is 4.39 Å². The van der Waals surface area contributed by atoms with Crippen molar-refractivity contribution in [2.45, 2.75) is 0 Å². The summed E-state index contributed by atoms with van der Waals surface area (Å²) in [5.74, 6) is -0.179. The molecule has 0 unspecified atom stereocenters. The molecule has 0 spiro atoms. The van der Waals surface area contributed by atoms with Crippen LogP contribution in [0.3, 0.4) is 0 Å². The highest BCUT2D eigenvalue weighted by molar-refractivity contribution is 5.46. The van der Waals surface area contributed by atoms with Gasteiger partial charge in [-0.15, -0.1) is 0 Å². The summed E-state index contributed by atoms with van der Waals surface area (Å²) in [6.45, 7) is 3.10. The molecular weight excluding hydrogens is 207 g/mol. The molecule has 0 aliphatic carbocycles. The van der Waals surface area contributed by atoms with E-state index in [-0.39, 0.29) is 5.82 Å². The van der Waals surface area contributed by atoms with Gasteiger partial charge in [0.1, 0.15) is 5.82 Å². The van der Waals surface area contributed by atoms with Crippen LogP contribution in [0.15, 0.2) is 24.3 Å². The Morgan fingerprint density at radius 3 is 2.75 bits per heavy atom. The van der Waals surface area contributed by atoms with Crippen molar-refractivity contribution in [2.75, 3.05) is 45.3 Å². The second-order valence-corrected chi connectivity index (χ2v) is 3.62. The van der Waals surface area contributed by atoms with Crippen molar-refractivity contribution in [2.24, 2.45) is 0 Å². The first kappa shape index (κ1) is 12.9. The first-order valence-corrected chi connectivity index (χ1v) is 5.41. The van der Waals surface area contributed by atoms with E-state index in [0.717, 1.165) is 19.6 Å². The Kier molecular flexibility index (Phi) is 5.82. The van der Waals surface area contributed by atoms with E-state index >= 15 is 0 Å². The third-order valence-corrected chi connectivity index (χ3v) is 2.37. The van der Waals surface area contributed by atoms with E-state index in [9.17, 15) is 4.39 Å². The summed E-state index contributed by atoms with van der Waals surface area (Å²) in [4.78, 5) is 1.90. The SMILES string of the molecule is COCCNCCN(C)c1ccccc1F. The van der Waals surface area contributed by atoms with Crippen molar-refractivity contribution < 1.29 is 9.13 Å². The van der Waals surface area contributed by atoms with Crippen LogP contribution in [0, 0.1) is 5.82 Å². The third-order valence-electron chi connectivity index (χ3n) is 2.37. The summed E-state index contributed by atoms with van der Waals surface area (Å²) in [5.41, 5.74) is 0.635. The van der Waals surface area contributed by atoms with E-state index < -0.39 is 0 Å². The monoisotopic (exact) mass is 226 g/mol. The second-order valence-electron chi connectivity index (χ2n) is 3.62. The number of hydrogen-bond donors (Lipinski definition) is 1. The number of likely N-dealkylation sites (N-methyl/N-ethyl adjacent to an activating group) is 1. The number of nitrogens with one attached hydrogen (secondary N) is 1. The Labute approximate surface area is 96.2 Å². The molecule has 1 rings (SSSR count). The standard InChI is InChI=1S/C12H19FN2O/c1-15(9-7-14-8-10-16-2)12-6-4-3-5-11(12)13/h3-6,14H,7-10H2,1-2H3. The van der Waals surface area contributed by atoms with E-state index in [0.29, 0.717) is 12.3 Å². The van der Waals surface area contributed by atoms with Gasteiger partial charge < -0.3 is 15.0 Å². The maximum absolute atomic E-state index is 13.4. The van der Waals surface area contributed by atoms with E-state index in [2.05, 4.69) is 5.32 Å². The highest BCUT2D eigenvalue weighted by Gasteiger charge is 2.05. The highest BCUT2D eigenvalue weighted by Crippen LogP contribution is 2.16. The van der Waals surface area contributed by atoms with Crippen molar-refractivity contribution >= 4 is 5.69 Å². The largest absolute Gasteiger partial charge is 0.383 e. The molecule has 0 aromatic heterocycles. The van der Waals surface area contributed by atoms with Crippen molar-refractivity contribution in [3.63, 3.8) is 0 Å². The number of methoxy groups -OCH3 is 1. The van der Waals surface area contributed by atoms with Gasteiger partial charge in [-0.05, 0) is 12.1 Å². The van der Waals surface area contributed by atoms with Gasteiger partial charge in [0.25, 0.3) is 0 Å². The maximum Gasteiger partial charge on any atom is 0.146 e. The lowest BCUT2D eigenvalue weighted by Gasteiger charge is -2.19. The van der Waals surface area contributed by atoms with Gasteiger partial charge in [0, 0.05) is 33.8 Å². The topological polar surface area (TPSA) is 24.5 Å². The number of halogens is 1. The molecule has 16 heavy (non-hydrogen) atoms. The van der Waals surface area contributed by atoms with Crippen LogP contribution >= 0.6 is 0 Å². The van der Waals surface area contributed by atoms with Crippen LogP contribution in [0.1, 0.15) is 0 Å². The molecule has 0 bridgehead atoms. The quantitative estimate of drug-likeness (QED) is 0.713. The number of anilines is 1. The molecule has 0 saturated carbocycles. The minimum absolute atomic E-state index is 0.179. The third kappa shape index (κ3) is 4.16. The fourth-order valence-corrected chi connectivity index (χ4v) is 1.43. The van der Waals surface area contributed by atoms with E-state index in [1.54, 1.807) is 19.2 Å². The molecule has 0 atom stereocenters. The Balaban J connectivity index is 2.30. The molecule has 0 radical (unpaired) electrons. The number of rotatable bonds is 7. The lowest BCUT2D eigenvalue weighted by molar-refractivity contribution is 0.200. The summed E-state index contributed by atoms with van der Waals surface area (Å²) < 4.78 is 18.3. The number of benzene rings is 1. The van der Waals surface area contributed by atoms with Gasteiger partial charge in [-0.3, -0.25) is 0 Å². The smallest absolute Gasteiger partial charge is 0.146 e. The summed E-state index contributed by atoms with van der Waals surface area (Å²) in [6.07, 6.45) is 0. The Hall–Kier alpha value is -1.13. The zero-order valence-corrected chi connectivity index (χ0v) is 9.87. The van der Waals surface area contributed by atoms with E-state index in [1.807, 2.05) is 18.0 Å².